The molecule has 1 heteroatoms. The van der Waals surface area contributed by atoms with E-state index in [0.29, 0.717) is 5.78 Å². The zero-order valence-corrected chi connectivity index (χ0v) is 5.86. The molecule has 0 saturated heterocycles. The predicted octanol–water partition coefficient (Wildman–Crippen LogP) is 2.32. The van der Waals surface area contributed by atoms with Crippen LogP contribution in [0.5, 0.6) is 0 Å². The highest BCUT2D eigenvalue weighted by Gasteiger charge is 2.05. The highest BCUT2D eigenvalue weighted by molar-refractivity contribution is 5.78. The van der Waals surface area contributed by atoms with Crippen LogP contribution in [0, 0.1) is 0 Å². The lowest BCUT2D eigenvalue weighted by atomic mass is 10.00. The van der Waals surface area contributed by atoms with Crippen LogP contribution in [0.2, 0.25) is 0 Å². The Morgan fingerprint density at radius 3 is 1.67 bits per heavy atom. The van der Waals surface area contributed by atoms with Gasteiger partial charge in [-0.2, -0.15) is 0 Å². The van der Waals surface area contributed by atoms with E-state index in [0.717, 1.165) is 25.7 Å². The Morgan fingerprint density at radius 1 is 1.00 bits per heavy atom. The molecule has 0 radical (unpaired) electrons. The summed E-state index contributed by atoms with van der Waals surface area (Å²) in [5.41, 5.74) is 0. The average molecular weight is 126 g/mol. The minimum Gasteiger partial charge on any atom is -0.300 e. The molecule has 0 heterocycles. The van der Waals surface area contributed by atoms with Gasteiger partial charge in [0.05, 0.1) is 0 Å². The Kier molecular flexibility index (Phi) is 5.18. The molecule has 0 unspecified atom stereocenters. The molecule has 1 saturated carbocycles. The molecule has 9 heavy (non-hydrogen) atoms. The molecule has 52 valence electrons. The smallest absolute Gasteiger partial charge is 0.132 e. The van der Waals surface area contributed by atoms with Gasteiger partial charge >= 0.3 is 0 Å². The maximum atomic E-state index is 10.5. The molecule has 0 N–H and O–H groups in total. The highest BCUT2D eigenvalue weighted by atomic mass is 16.1. The van der Waals surface area contributed by atoms with Crippen molar-refractivity contribution in [1.29, 1.82) is 0 Å². The van der Waals surface area contributed by atoms with Crippen LogP contribution >= 0.6 is 0 Å². The van der Waals surface area contributed by atoms with Gasteiger partial charge in [0.15, 0.2) is 0 Å². The summed E-state index contributed by atoms with van der Waals surface area (Å²) in [5, 5.41) is 0. The van der Waals surface area contributed by atoms with E-state index in [1.54, 1.807) is 0 Å². The molecule has 1 nitrogen and oxygen atoms in total. The topological polar surface area (TPSA) is 17.1 Å². The monoisotopic (exact) mass is 126 g/mol. The normalized spacial score (nSPS) is 18.0. The Hall–Kier alpha value is -0.590. The summed E-state index contributed by atoms with van der Waals surface area (Å²) < 4.78 is 0. The third-order valence-electron chi connectivity index (χ3n) is 1.41. The quantitative estimate of drug-likeness (QED) is 0.455. The minimum absolute atomic E-state index is 0.464. The van der Waals surface area contributed by atoms with Crippen molar-refractivity contribution in [1.82, 2.24) is 0 Å². The van der Waals surface area contributed by atoms with E-state index in [2.05, 4.69) is 13.2 Å². The van der Waals surface area contributed by atoms with Crippen LogP contribution in [0.25, 0.3) is 0 Å². The van der Waals surface area contributed by atoms with Crippen LogP contribution in [-0.4, -0.2) is 5.78 Å². The molecule has 0 aromatic carbocycles. The maximum Gasteiger partial charge on any atom is 0.132 e. The molecule has 0 aromatic heterocycles. The van der Waals surface area contributed by atoms with E-state index < -0.39 is 0 Å². The first kappa shape index (κ1) is 8.41. The van der Waals surface area contributed by atoms with Crippen LogP contribution < -0.4 is 0 Å². The second-order valence-corrected chi connectivity index (χ2v) is 2.10. The van der Waals surface area contributed by atoms with Crippen LogP contribution in [0.4, 0.5) is 0 Å². The molecule has 1 aliphatic rings. The Morgan fingerprint density at radius 2 is 1.44 bits per heavy atom. The molecule has 0 aliphatic heterocycles. The van der Waals surface area contributed by atoms with Gasteiger partial charge in [0, 0.05) is 12.8 Å². The second kappa shape index (κ2) is 5.54. The van der Waals surface area contributed by atoms with Gasteiger partial charge in [0.1, 0.15) is 5.78 Å². The number of rotatable bonds is 0. The Balaban J connectivity index is 0.000000291. The third-order valence-corrected chi connectivity index (χ3v) is 1.41. The Labute approximate surface area is 56.8 Å². The van der Waals surface area contributed by atoms with Crippen molar-refractivity contribution in [3.05, 3.63) is 13.2 Å². The molecule has 0 amide bonds. The lowest BCUT2D eigenvalue weighted by Crippen LogP contribution is -2.02. The first-order chi connectivity index (χ1) is 4.39. The number of hydrogen-bond donors (Lipinski definition) is 0. The lowest BCUT2D eigenvalue weighted by Gasteiger charge is -2.05. The fourth-order valence-electron chi connectivity index (χ4n) is 0.946. The van der Waals surface area contributed by atoms with Crippen molar-refractivity contribution >= 4 is 5.78 Å². The van der Waals surface area contributed by atoms with Crippen molar-refractivity contribution < 1.29 is 4.79 Å². The standard InChI is InChI=1S/C6H10O.C2H4/c7-6-4-2-1-3-5-6;1-2/h1-5H2;1-2H2. The van der Waals surface area contributed by atoms with Crippen LogP contribution in [0.1, 0.15) is 32.1 Å². The summed E-state index contributed by atoms with van der Waals surface area (Å²) >= 11 is 0. The summed E-state index contributed by atoms with van der Waals surface area (Å²) in [7, 11) is 0. The highest BCUT2D eigenvalue weighted by Crippen LogP contribution is 2.12. The number of ketones is 1. The van der Waals surface area contributed by atoms with E-state index in [9.17, 15) is 4.79 Å². The molecule has 0 aromatic rings. The lowest BCUT2D eigenvalue weighted by molar-refractivity contribution is -0.120. The predicted molar refractivity (Wildman–Crippen MR) is 39.3 cm³/mol. The first-order valence-corrected chi connectivity index (χ1v) is 3.41. The van der Waals surface area contributed by atoms with Crippen molar-refractivity contribution in [2.24, 2.45) is 0 Å². The van der Waals surface area contributed by atoms with E-state index >= 15 is 0 Å². The summed E-state index contributed by atoms with van der Waals surface area (Å²) in [5.74, 6) is 0.464. The van der Waals surface area contributed by atoms with E-state index in [1.165, 1.54) is 6.42 Å². The van der Waals surface area contributed by atoms with Crippen LogP contribution in [0.3, 0.4) is 0 Å². The molecule has 1 rings (SSSR count). The van der Waals surface area contributed by atoms with Crippen LogP contribution in [-0.2, 0) is 4.79 Å². The molecule has 1 fully saturated rings. The van der Waals surface area contributed by atoms with Crippen molar-refractivity contribution in [2.45, 2.75) is 32.1 Å². The van der Waals surface area contributed by atoms with E-state index in [4.69, 9.17) is 0 Å². The molecule has 0 spiro atoms. The van der Waals surface area contributed by atoms with Crippen molar-refractivity contribution in [3.8, 4) is 0 Å². The largest absolute Gasteiger partial charge is 0.300 e. The Bertz CT molecular complexity index is 78.6. The van der Waals surface area contributed by atoms with Gasteiger partial charge in [0.2, 0.25) is 0 Å². The van der Waals surface area contributed by atoms with Gasteiger partial charge < -0.3 is 0 Å². The molecule has 0 bridgehead atoms. The fourth-order valence-corrected chi connectivity index (χ4v) is 0.946. The summed E-state index contributed by atoms with van der Waals surface area (Å²) in [6.07, 6.45) is 5.24. The molecular weight excluding hydrogens is 112 g/mol. The van der Waals surface area contributed by atoms with Gasteiger partial charge in [-0.3, -0.25) is 4.79 Å². The zero-order chi connectivity index (χ0) is 7.11. The zero-order valence-electron chi connectivity index (χ0n) is 5.86. The van der Waals surface area contributed by atoms with E-state index in [-0.39, 0.29) is 0 Å². The summed E-state index contributed by atoms with van der Waals surface area (Å²) in [6.45, 7) is 6.00. The first-order valence-electron chi connectivity index (χ1n) is 3.41. The van der Waals surface area contributed by atoms with Gasteiger partial charge in [-0.1, -0.05) is 6.42 Å². The van der Waals surface area contributed by atoms with Crippen molar-refractivity contribution in [3.63, 3.8) is 0 Å². The van der Waals surface area contributed by atoms with Gasteiger partial charge in [-0.15, -0.1) is 13.2 Å². The number of Topliss-reactive ketones (excluding diaryl/α,β-unsaturated/α-hetero) is 1. The third kappa shape index (κ3) is 3.95. The number of carbonyl (C=O) groups is 1. The molecular formula is C8H14O. The summed E-state index contributed by atoms with van der Waals surface area (Å²) in [6, 6.07) is 0. The average Bonchev–Trinajstić information content (AvgIpc) is 1.94. The number of hydrogen-bond acceptors (Lipinski definition) is 1. The summed E-state index contributed by atoms with van der Waals surface area (Å²) in [4.78, 5) is 10.5. The van der Waals surface area contributed by atoms with Gasteiger partial charge in [-0.05, 0) is 12.8 Å². The second-order valence-electron chi connectivity index (χ2n) is 2.10. The van der Waals surface area contributed by atoms with Gasteiger partial charge in [0.25, 0.3) is 0 Å². The number of carbonyl (C=O) groups excluding carboxylic acids is 1. The van der Waals surface area contributed by atoms with Crippen molar-refractivity contribution in [2.75, 3.05) is 0 Å². The SMILES string of the molecule is C=C.O=C1CCCCC1. The molecule has 1 aliphatic carbocycles. The van der Waals surface area contributed by atoms with E-state index in [1.807, 2.05) is 0 Å². The van der Waals surface area contributed by atoms with Crippen LogP contribution in [0.15, 0.2) is 13.2 Å². The van der Waals surface area contributed by atoms with Gasteiger partial charge in [-0.25, -0.2) is 0 Å². The maximum absolute atomic E-state index is 10.5. The molecule has 0 atom stereocenters. The minimum atomic E-state index is 0.464. The fraction of sp³-hybridized carbons (Fsp3) is 0.625.